The maximum absolute atomic E-state index is 12.4. The molecule has 0 unspecified atom stereocenters. The molecule has 9 heteroatoms. The van der Waals surface area contributed by atoms with Gasteiger partial charge >= 0.3 is 0 Å². The number of imidazole rings is 1. The molecule has 0 saturated heterocycles. The third-order valence-electron chi connectivity index (χ3n) is 3.44. The molecular formula is C15H11ClN6OS. The molecule has 120 valence electrons. The van der Waals surface area contributed by atoms with Gasteiger partial charge in [0.05, 0.1) is 12.2 Å². The molecule has 0 saturated carbocycles. The van der Waals surface area contributed by atoms with E-state index in [1.54, 1.807) is 9.78 Å². The second-order valence-corrected chi connectivity index (χ2v) is 6.30. The van der Waals surface area contributed by atoms with E-state index in [9.17, 15) is 4.79 Å². The van der Waals surface area contributed by atoms with Crippen molar-refractivity contribution in [2.75, 3.05) is 0 Å². The summed E-state index contributed by atoms with van der Waals surface area (Å²) in [5, 5.41) is 11.7. The van der Waals surface area contributed by atoms with Crippen molar-refractivity contribution < 1.29 is 4.79 Å². The third-order valence-corrected chi connectivity index (χ3v) is 4.52. The molecule has 0 spiro atoms. The van der Waals surface area contributed by atoms with Gasteiger partial charge in [0.15, 0.2) is 4.96 Å². The molecule has 1 aromatic carbocycles. The molecular weight excluding hydrogens is 348 g/mol. The van der Waals surface area contributed by atoms with Crippen LogP contribution < -0.4 is 5.32 Å². The monoisotopic (exact) mass is 358 g/mol. The highest BCUT2D eigenvalue weighted by Crippen LogP contribution is 2.25. The average Bonchev–Trinajstić information content (AvgIpc) is 3.29. The van der Waals surface area contributed by atoms with Crippen molar-refractivity contribution >= 4 is 33.8 Å². The van der Waals surface area contributed by atoms with Crippen molar-refractivity contribution in [3.05, 3.63) is 58.7 Å². The van der Waals surface area contributed by atoms with E-state index in [2.05, 4.69) is 25.5 Å². The van der Waals surface area contributed by atoms with Crippen LogP contribution in [0, 0.1) is 0 Å². The van der Waals surface area contributed by atoms with Crippen LogP contribution in [0.2, 0.25) is 5.02 Å². The lowest BCUT2D eigenvalue weighted by molar-refractivity contribution is 0.0944. The number of thiazole rings is 1. The predicted octanol–water partition coefficient (Wildman–Crippen LogP) is 2.76. The van der Waals surface area contributed by atoms with Crippen LogP contribution in [0.4, 0.5) is 0 Å². The number of nitrogens with one attached hydrogen (secondary N) is 2. The lowest BCUT2D eigenvalue weighted by Gasteiger charge is -2.01. The zero-order valence-corrected chi connectivity index (χ0v) is 13.8. The number of H-pyrrole nitrogens is 1. The lowest BCUT2D eigenvalue weighted by atomic mass is 10.2. The molecule has 0 atom stereocenters. The molecule has 4 rings (SSSR count). The number of nitrogens with zero attached hydrogens (tertiary/aromatic N) is 4. The van der Waals surface area contributed by atoms with Crippen molar-refractivity contribution in [1.82, 2.24) is 29.9 Å². The topological polar surface area (TPSA) is 88.0 Å². The van der Waals surface area contributed by atoms with Gasteiger partial charge < -0.3 is 5.32 Å². The van der Waals surface area contributed by atoms with Crippen molar-refractivity contribution in [3.63, 3.8) is 0 Å². The van der Waals surface area contributed by atoms with Crippen molar-refractivity contribution in [2.45, 2.75) is 6.54 Å². The van der Waals surface area contributed by atoms with Crippen LogP contribution in [0.1, 0.15) is 16.3 Å². The fraction of sp³-hybridized carbons (Fsp3) is 0.0667. The summed E-state index contributed by atoms with van der Waals surface area (Å²) in [6.07, 6.45) is 3.23. The number of carbonyl (C=O) groups excluding carboxylic acids is 1. The molecule has 7 nitrogen and oxygen atoms in total. The summed E-state index contributed by atoms with van der Waals surface area (Å²) < 4.78 is 1.77. The van der Waals surface area contributed by atoms with Gasteiger partial charge in [-0.3, -0.25) is 14.3 Å². The number of halogens is 1. The Morgan fingerprint density at radius 2 is 2.33 bits per heavy atom. The second-order valence-electron chi connectivity index (χ2n) is 5.02. The average molecular weight is 359 g/mol. The molecule has 3 aromatic heterocycles. The number of aromatic nitrogens is 5. The van der Waals surface area contributed by atoms with Gasteiger partial charge in [0.1, 0.15) is 17.8 Å². The zero-order valence-electron chi connectivity index (χ0n) is 12.2. The molecule has 1 amide bonds. The first-order chi connectivity index (χ1) is 11.7. The fourth-order valence-electron chi connectivity index (χ4n) is 2.30. The van der Waals surface area contributed by atoms with Crippen LogP contribution in [0.3, 0.4) is 0 Å². The smallest absolute Gasteiger partial charge is 0.269 e. The fourth-order valence-corrected chi connectivity index (χ4v) is 3.35. The molecule has 2 N–H and O–H groups in total. The largest absolute Gasteiger partial charge is 0.343 e. The maximum atomic E-state index is 12.4. The van der Waals surface area contributed by atoms with E-state index >= 15 is 0 Å². The van der Waals surface area contributed by atoms with Gasteiger partial charge in [0.25, 0.3) is 5.91 Å². The highest BCUT2D eigenvalue weighted by molar-refractivity contribution is 7.15. The summed E-state index contributed by atoms with van der Waals surface area (Å²) >= 11 is 7.44. The number of amides is 1. The molecule has 0 aliphatic heterocycles. The highest BCUT2D eigenvalue weighted by Gasteiger charge is 2.15. The van der Waals surface area contributed by atoms with Crippen molar-refractivity contribution in [2.24, 2.45) is 0 Å². The van der Waals surface area contributed by atoms with E-state index in [0.717, 1.165) is 16.2 Å². The van der Waals surface area contributed by atoms with E-state index in [0.29, 0.717) is 16.5 Å². The minimum absolute atomic E-state index is 0.201. The van der Waals surface area contributed by atoms with Gasteiger partial charge in [-0.25, -0.2) is 9.97 Å². The summed E-state index contributed by atoms with van der Waals surface area (Å²) in [6, 6.07) is 7.46. The second kappa shape index (κ2) is 6.06. The molecule has 24 heavy (non-hydrogen) atoms. The van der Waals surface area contributed by atoms with E-state index in [-0.39, 0.29) is 12.5 Å². The molecule has 0 bridgehead atoms. The van der Waals surface area contributed by atoms with Gasteiger partial charge in [-0.1, -0.05) is 23.7 Å². The minimum atomic E-state index is -0.201. The first kappa shape index (κ1) is 14.9. The first-order valence-electron chi connectivity index (χ1n) is 7.05. The van der Waals surface area contributed by atoms with E-state index in [1.165, 1.54) is 17.7 Å². The number of aromatic amines is 1. The van der Waals surface area contributed by atoms with Gasteiger partial charge in [-0.05, 0) is 12.1 Å². The number of benzene rings is 1. The SMILES string of the molecule is O=C(NCc1ncn[nH]1)c1csc2nc(-c3cccc(Cl)c3)cn12. The van der Waals surface area contributed by atoms with Crippen LogP contribution >= 0.6 is 22.9 Å². The van der Waals surface area contributed by atoms with E-state index in [1.807, 2.05) is 30.5 Å². The van der Waals surface area contributed by atoms with Crippen LogP contribution in [-0.2, 0) is 6.54 Å². The number of fused-ring (bicyclic) bond motifs is 1. The molecule has 0 radical (unpaired) electrons. The standard InChI is InChI=1S/C15H11ClN6OS/c16-10-3-1-2-9(4-10)11-6-22-12(7-24-15(22)20-11)14(23)17-5-13-18-8-19-21-13/h1-4,6-8H,5H2,(H,17,23)(H,18,19,21). The Morgan fingerprint density at radius 3 is 3.12 bits per heavy atom. The van der Waals surface area contributed by atoms with Gasteiger partial charge in [-0.15, -0.1) is 11.3 Å². The lowest BCUT2D eigenvalue weighted by Crippen LogP contribution is -2.24. The summed E-state index contributed by atoms with van der Waals surface area (Å²) in [5.41, 5.74) is 2.20. The van der Waals surface area contributed by atoms with Crippen LogP contribution in [-0.4, -0.2) is 30.5 Å². The summed E-state index contributed by atoms with van der Waals surface area (Å²) in [5.74, 6) is 0.396. The Hall–Kier alpha value is -2.71. The normalized spacial score (nSPS) is 11.0. The summed E-state index contributed by atoms with van der Waals surface area (Å²) in [7, 11) is 0. The Labute approximate surface area is 145 Å². The van der Waals surface area contributed by atoms with Gasteiger partial charge in [-0.2, -0.15) is 5.10 Å². The molecule has 3 heterocycles. The van der Waals surface area contributed by atoms with Gasteiger partial charge in [0, 0.05) is 22.2 Å². The predicted molar refractivity (Wildman–Crippen MR) is 91.1 cm³/mol. The zero-order chi connectivity index (χ0) is 16.5. The Kier molecular flexibility index (Phi) is 3.75. The molecule has 4 aromatic rings. The minimum Gasteiger partial charge on any atom is -0.343 e. The van der Waals surface area contributed by atoms with Crippen LogP contribution in [0.5, 0.6) is 0 Å². The molecule has 0 aliphatic rings. The van der Waals surface area contributed by atoms with E-state index < -0.39 is 0 Å². The summed E-state index contributed by atoms with van der Waals surface area (Å²) in [6.45, 7) is 0.284. The number of hydrogen-bond donors (Lipinski definition) is 2. The van der Waals surface area contributed by atoms with E-state index in [4.69, 9.17) is 11.6 Å². The number of carbonyl (C=O) groups is 1. The molecule has 0 fully saturated rings. The van der Waals surface area contributed by atoms with Crippen molar-refractivity contribution in [3.8, 4) is 11.3 Å². The third kappa shape index (κ3) is 2.77. The maximum Gasteiger partial charge on any atom is 0.269 e. The highest BCUT2D eigenvalue weighted by atomic mass is 35.5. The quantitative estimate of drug-likeness (QED) is 0.587. The van der Waals surface area contributed by atoms with Crippen LogP contribution in [0.25, 0.3) is 16.2 Å². The Balaban J connectivity index is 1.61. The Morgan fingerprint density at radius 1 is 1.42 bits per heavy atom. The summed E-state index contributed by atoms with van der Waals surface area (Å²) in [4.78, 5) is 21.6. The molecule has 0 aliphatic carbocycles. The van der Waals surface area contributed by atoms with Crippen LogP contribution in [0.15, 0.2) is 42.2 Å². The first-order valence-corrected chi connectivity index (χ1v) is 8.31. The number of rotatable bonds is 4. The van der Waals surface area contributed by atoms with Gasteiger partial charge in [0.2, 0.25) is 0 Å². The number of hydrogen-bond acceptors (Lipinski definition) is 5. The van der Waals surface area contributed by atoms with Crippen molar-refractivity contribution in [1.29, 1.82) is 0 Å². The Bertz CT molecular complexity index is 1010.